The van der Waals surface area contributed by atoms with E-state index in [9.17, 15) is 13.2 Å². The van der Waals surface area contributed by atoms with Crippen molar-refractivity contribution in [1.29, 1.82) is 0 Å². The number of sulfonamides is 1. The minimum Gasteiger partial charge on any atom is -0.462 e. The molecule has 23 heavy (non-hydrogen) atoms. The van der Waals surface area contributed by atoms with E-state index in [2.05, 4.69) is 27.3 Å². The molecule has 0 aliphatic carbocycles. The molecule has 0 aliphatic rings. The SMILES string of the molecule is CCOC(=O)c1cc(I)ccc1NS(=O)(=O)c1ccc(C)cc1. The van der Waals surface area contributed by atoms with Crippen LogP contribution in [0.15, 0.2) is 47.4 Å². The highest BCUT2D eigenvalue weighted by atomic mass is 127. The Morgan fingerprint density at radius 2 is 1.83 bits per heavy atom. The Morgan fingerprint density at radius 3 is 2.43 bits per heavy atom. The molecule has 0 unspecified atom stereocenters. The standard InChI is InChI=1S/C16H16INO4S/c1-3-22-16(19)14-10-12(17)6-9-15(14)18-23(20,21)13-7-4-11(2)5-8-13/h4-10,18H,3H2,1-2H3. The van der Waals surface area contributed by atoms with Crippen LogP contribution in [0.5, 0.6) is 0 Å². The van der Waals surface area contributed by atoms with Crippen molar-refractivity contribution in [3.63, 3.8) is 0 Å². The molecule has 0 fully saturated rings. The van der Waals surface area contributed by atoms with Crippen molar-refractivity contribution in [2.45, 2.75) is 18.7 Å². The quantitative estimate of drug-likeness (QED) is 0.564. The molecule has 0 saturated heterocycles. The van der Waals surface area contributed by atoms with Crippen LogP contribution >= 0.6 is 22.6 Å². The Balaban J connectivity index is 2.39. The number of carbonyl (C=O) groups is 1. The number of rotatable bonds is 5. The summed E-state index contributed by atoms with van der Waals surface area (Å²) in [5.74, 6) is -0.562. The van der Waals surface area contributed by atoms with Gasteiger partial charge in [-0.15, -0.1) is 0 Å². The summed E-state index contributed by atoms with van der Waals surface area (Å²) in [5.41, 5.74) is 1.35. The molecule has 0 saturated carbocycles. The van der Waals surface area contributed by atoms with Crippen LogP contribution in [-0.4, -0.2) is 21.0 Å². The number of carbonyl (C=O) groups excluding carboxylic acids is 1. The zero-order valence-corrected chi connectivity index (χ0v) is 15.6. The van der Waals surface area contributed by atoms with Gasteiger partial charge in [0.25, 0.3) is 10.0 Å². The lowest BCUT2D eigenvalue weighted by molar-refractivity contribution is 0.0527. The summed E-state index contributed by atoms with van der Waals surface area (Å²) in [4.78, 5) is 12.2. The molecule has 0 spiro atoms. The molecule has 2 rings (SSSR count). The summed E-state index contributed by atoms with van der Waals surface area (Å²) in [6.07, 6.45) is 0. The normalized spacial score (nSPS) is 11.1. The molecule has 1 N–H and O–H groups in total. The maximum atomic E-state index is 12.5. The average molecular weight is 445 g/mol. The van der Waals surface area contributed by atoms with Gasteiger partial charge in [0.05, 0.1) is 22.8 Å². The molecule has 122 valence electrons. The van der Waals surface area contributed by atoms with Crippen LogP contribution in [0.2, 0.25) is 0 Å². The van der Waals surface area contributed by atoms with Crippen LogP contribution in [0.1, 0.15) is 22.8 Å². The molecule has 0 aromatic heterocycles. The molecule has 7 heteroatoms. The number of ether oxygens (including phenoxy) is 1. The number of hydrogen-bond acceptors (Lipinski definition) is 4. The van der Waals surface area contributed by atoms with Gasteiger partial charge in [0.1, 0.15) is 0 Å². The lowest BCUT2D eigenvalue weighted by Gasteiger charge is -2.12. The molecule has 0 atom stereocenters. The Morgan fingerprint density at radius 1 is 1.17 bits per heavy atom. The van der Waals surface area contributed by atoms with E-state index in [-0.39, 0.29) is 22.8 Å². The third kappa shape index (κ3) is 4.44. The first-order chi connectivity index (χ1) is 10.8. The van der Waals surface area contributed by atoms with Crippen LogP contribution in [-0.2, 0) is 14.8 Å². The summed E-state index contributed by atoms with van der Waals surface area (Å²) in [7, 11) is -3.77. The monoisotopic (exact) mass is 445 g/mol. The lowest BCUT2D eigenvalue weighted by Crippen LogP contribution is -2.16. The third-order valence-electron chi connectivity index (χ3n) is 3.05. The Bertz CT molecular complexity index is 816. The van der Waals surface area contributed by atoms with Crippen molar-refractivity contribution >= 4 is 44.3 Å². The molecule has 0 amide bonds. The van der Waals surface area contributed by atoms with Gasteiger partial charge in [0.2, 0.25) is 0 Å². The Labute approximate surface area is 149 Å². The maximum absolute atomic E-state index is 12.5. The van der Waals surface area contributed by atoms with Crippen LogP contribution in [0, 0.1) is 10.5 Å². The second-order valence-electron chi connectivity index (χ2n) is 4.83. The highest BCUT2D eigenvalue weighted by Crippen LogP contribution is 2.23. The van der Waals surface area contributed by atoms with Gasteiger partial charge in [-0.3, -0.25) is 4.72 Å². The highest BCUT2D eigenvalue weighted by Gasteiger charge is 2.19. The summed E-state index contributed by atoms with van der Waals surface area (Å²) in [6.45, 7) is 3.79. The van der Waals surface area contributed by atoms with Gasteiger partial charge >= 0.3 is 5.97 Å². The number of halogens is 1. The smallest absolute Gasteiger partial charge is 0.340 e. The van der Waals surface area contributed by atoms with Crippen molar-refractivity contribution in [3.05, 3.63) is 57.2 Å². The molecule has 0 heterocycles. The Kier molecular flexibility index (Phi) is 5.64. The van der Waals surface area contributed by atoms with E-state index in [4.69, 9.17) is 4.74 Å². The summed E-state index contributed by atoms with van der Waals surface area (Å²) < 4.78 is 33.2. The molecule has 5 nitrogen and oxygen atoms in total. The fraction of sp³-hybridized carbons (Fsp3) is 0.188. The van der Waals surface area contributed by atoms with E-state index >= 15 is 0 Å². The lowest BCUT2D eigenvalue weighted by atomic mass is 10.2. The van der Waals surface area contributed by atoms with Crippen molar-refractivity contribution in [3.8, 4) is 0 Å². The largest absolute Gasteiger partial charge is 0.462 e. The molecule has 0 aliphatic heterocycles. The molecule has 2 aromatic carbocycles. The third-order valence-corrected chi connectivity index (χ3v) is 5.10. The van der Waals surface area contributed by atoms with Gasteiger partial charge in [-0.05, 0) is 66.8 Å². The van der Waals surface area contributed by atoms with Crippen molar-refractivity contribution in [1.82, 2.24) is 0 Å². The Hall–Kier alpha value is -1.61. The average Bonchev–Trinajstić information content (AvgIpc) is 2.49. The topological polar surface area (TPSA) is 72.5 Å². The zero-order valence-electron chi connectivity index (χ0n) is 12.7. The van der Waals surface area contributed by atoms with E-state index in [1.54, 1.807) is 37.3 Å². The van der Waals surface area contributed by atoms with E-state index in [1.165, 1.54) is 12.1 Å². The number of hydrogen-bond donors (Lipinski definition) is 1. The maximum Gasteiger partial charge on any atom is 0.340 e. The van der Waals surface area contributed by atoms with E-state index < -0.39 is 16.0 Å². The van der Waals surface area contributed by atoms with Gasteiger partial charge in [-0.2, -0.15) is 0 Å². The number of aryl methyl sites for hydroxylation is 1. The highest BCUT2D eigenvalue weighted by molar-refractivity contribution is 14.1. The predicted molar refractivity (Wildman–Crippen MR) is 97.1 cm³/mol. The summed E-state index contributed by atoms with van der Waals surface area (Å²) >= 11 is 2.05. The molecule has 0 radical (unpaired) electrons. The first-order valence-electron chi connectivity index (χ1n) is 6.89. The van der Waals surface area contributed by atoms with E-state index in [0.29, 0.717) is 0 Å². The molecular formula is C16H16INO4S. The van der Waals surface area contributed by atoms with Gasteiger partial charge in [-0.1, -0.05) is 17.7 Å². The first-order valence-corrected chi connectivity index (χ1v) is 9.46. The van der Waals surface area contributed by atoms with Gasteiger partial charge in [-0.25, -0.2) is 13.2 Å². The van der Waals surface area contributed by atoms with Crippen LogP contribution in [0.25, 0.3) is 0 Å². The molecular weight excluding hydrogens is 429 g/mol. The molecule has 0 bridgehead atoms. The predicted octanol–water partition coefficient (Wildman–Crippen LogP) is 3.58. The number of anilines is 1. The minimum absolute atomic E-state index is 0.136. The van der Waals surface area contributed by atoms with Crippen molar-refractivity contribution in [2.24, 2.45) is 0 Å². The second kappa shape index (κ2) is 7.31. The number of esters is 1. The van der Waals surface area contributed by atoms with Crippen LogP contribution in [0.4, 0.5) is 5.69 Å². The number of nitrogens with one attached hydrogen (secondary N) is 1. The zero-order chi connectivity index (χ0) is 17.0. The second-order valence-corrected chi connectivity index (χ2v) is 7.76. The van der Waals surface area contributed by atoms with Crippen molar-refractivity contribution < 1.29 is 17.9 Å². The fourth-order valence-corrected chi connectivity index (χ4v) is 3.48. The summed E-state index contributed by atoms with van der Waals surface area (Å²) in [6, 6.07) is 11.3. The minimum atomic E-state index is -3.77. The van der Waals surface area contributed by atoms with Crippen molar-refractivity contribution in [2.75, 3.05) is 11.3 Å². The van der Waals surface area contributed by atoms with Gasteiger partial charge in [0, 0.05) is 3.57 Å². The fourth-order valence-electron chi connectivity index (χ4n) is 1.90. The summed E-state index contributed by atoms with van der Waals surface area (Å²) in [5, 5.41) is 0. The number of benzene rings is 2. The van der Waals surface area contributed by atoms with E-state index in [0.717, 1.165) is 9.13 Å². The first kappa shape index (κ1) is 17.7. The van der Waals surface area contributed by atoms with Crippen LogP contribution in [0.3, 0.4) is 0 Å². The van der Waals surface area contributed by atoms with Gasteiger partial charge in [0.15, 0.2) is 0 Å². The van der Waals surface area contributed by atoms with Crippen LogP contribution < -0.4 is 4.72 Å². The van der Waals surface area contributed by atoms with Gasteiger partial charge < -0.3 is 4.74 Å². The molecule has 2 aromatic rings. The van der Waals surface area contributed by atoms with E-state index in [1.807, 2.05) is 6.92 Å².